The van der Waals surface area contributed by atoms with Crippen molar-refractivity contribution in [1.82, 2.24) is 15.2 Å². The van der Waals surface area contributed by atoms with Crippen molar-refractivity contribution in [1.29, 1.82) is 0 Å². The Kier molecular flexibility index (Phi) is 8.46. The minimum atomic E-state index is -4.48. The van der Waals surface area contributed by atoms with Gasteiger partial charge in [0, 0.05) is 12.2 Å². The number of alkyl halides is 3. The first-order valence-corrected chi connectivity index (χ1v) is 9.50. The number of hydrogen-bond acceptors (Lipinski definition) is 3. The number of nitrogens with one attached hydrogen (secondary N) is 1. The highest BCUT2D eigenvalue weighted by molar-refractivity contribution is 5.85. The molecule has 8 heteroatoms. The standard InChI is InChI=1S/C21H24F3N3O.ClH/c22-21(23,24)19-9-2-1-6-16(19)14-20(28)27(15-17-7-3-4-12-26-17)18-8-5-11-25-13-10-18;/h1-4,6-7,9,12,18,25H,5,8,10-11,13-15H2;1H. The van der Waals surface area contributed by atoms with Gasteiger partial charge in [0.2, 0.25) is 5.91 Å². The number of benzene rings is 1. The Bertz CT molecular complexity index is 778. The van der Waals surface area contributed by atoms with E-state index in [0.717, 1.165) is 44.1 Å². The summed E-state index contributed by atoms with van der Waals surface area (Å²) >= 11 is 0. The average molecular weight is 428 g/mol. The molecule has 2 aromatic rings. The molecule has 1 aromatic heterocycles. The summed E-state index contributed by atoms with van der Waals surface area (Å²) in [6.45, 7) is 1.98. The highest BCUT2D eigenvalue weighted by atomic mass is 35.5. The third-order valence-corrected chi connectivity index (χ3v) is 5.03. The molecule has 1 atom stereocenters. The zero-order valence-corrected chi connectivity index (χ0v) is 16.8. The van der Waals surface area contributed by atoms with Crippen LogP contribution in [0.3, 0.4) is 0 Å². The van der Waals surface area contributed by atoms with Gasteiger partial charge in [0.1, 0.15) is 0 Å². The molecule has 0 spiro atoms. The van der Waals surface area contributed by atoms with Crippen molar-refractivity contribution in [3.8, 4) is 0 Å². The number of aromatic nitrogens is 1. The van der Waals surface area contributed by atoms with Crippen LogP contribution in [0.2, 0.25) is 0 Å². The van der Waals surface area contributed by atoms with Gasteiger partial charge < -0.3 is 10.2 Å². The summed E-state index contributed by atoms with van der Waals surface area (Å²) in [5.74, 6) is -0.297. The smallest absolute Gasteiger partial charge is 0.333 e. The summed E-state index contributed by atoms with van der Waals surface area (Å²) in [6.07, 6.45) is -0.561. The van der Waals surface area contributed by atoms with Crippen molar-refractivity contribution in [3.05, 3.63) is 65.5 Å². The second-order valence-electron chi connectivity index (χ2n) is 7.01. The van der Waals surface area contributed by atoms with Crippen molar-refractivity contribution < 1.29 is 18.0 Å². The van der Waals surface area contributed by atoms with Crippen LogP contribution in [0.4, 0.5) is 13.2 Å². The maximum absolute atomic E-state index is 13.3. The topological polar surface area (TPSA) is 45.2 Å². The van der Waals surface area contributed by atoms with E-state index in [-0.39, 0.29) is 36.3 Å². The van der Waals surface area contributed by atoms with Crippen LogP contribution in [0.1, 0.15) is 36.1 Å². The molecule has 0 radical (unpaired) electrons. The predicted molar refractivity (Wildman–Crippen MR) is 108 cm³/mol. The largest absolute Gasteiger partial charge is 0.416 e. The van der Waals surface area contributed by atoms with E-state index in [1.165, 1.54) is 18.2 Å². The van der Waals surface area contributed by atoms with Crippen molar-refractivity contribution in [2.24, 2.45) is 0 Å². The highest BCUT2D eigenvalue weighted by Gasteiger charge is 2.34. The van der Waals surface area contributed by atoms with E-state index in [9.17, 15) is 18.0 Å². The van der Waals surface area contributed by atoms with E-state index in [1.54, 1.807) is 17.2 Å². The van der Waals surface area contributed by atoms with E-state index in [1.807, 2.05) is 12.1 Å². The molecule has 1 N–H and O–H groups in total. The van der Waals surface area contributed by atoms with Gasteiger partial charge >= 0.3 is 6.18 Å². The number of nitrogens with zero attached hydrogens (tertiary/aromatic N) is 2. The first kappa shape index (κ1) is 23.2. The van der Waals surface area contributed by atoms with Gasteiger partial charge in [-0.05, 0) is 56.1 Å². The van der Waals surface area contributed by atoms with E-state index < -0.39 is 11.7 Å². The Morgan fingerprint density at radius 2 is 1.86 bits per heavy atom. The van der Waals surface area contributed by atoms with Crippen molar-refractivity contribution in [2.45, 2.75) is 44.4 Å². The third kappa shape index (κ3) is 6.44. The molecule has 29 heavy (non-hydrogen) atoms. The second kappa shape index (κ2) is 10.6. The number of pyridine rings is 1. The van der Waals surface area contributed by atoms with Gasteiger partial charge in [0.25, 0.3) is 0 Å². The Labute approximate surface area is 174 Å². The molecule has 1 amide bonds. The molecule has 0 bridgehead atoms. The van der Waals surface area contributed by atoms with Crippen LogP contribution in [0.25, 0.3) is 0 Å². The number of hydrogen-bond donors (Lipinski definition) is 1. The lowest BCUT2D eigenvalue weighted by molar-refractivity contribution is -0.139. The maximum Gasteiger partial charge on any atom is 0.416 e. The van der Waals surface area contributed by atoms with Gasteiger partial charge in [-0.3, -0.25) is 9.78 Å². The van der Waals surface area contributed by atoms with Crippen LogP contribution >= 0.6 is 12.4 Å². The zero-order chi connectivity index (χ0) is 20.0. The van der Waals surface area contributed by atoms with E-state index in [0.29, 0.717) is 6.54 Å². The lowest BCUT2D eigenvalue weighted by Gasteiger charge is -2.31. The molecule has 3 rings (SSSR count). The van der Waals surface area contributed by atoms with Crippen LogP contribution in [-0.4, -0.2) is 34.9 Å². The fourth-order valence-electron chi connectivity index (χ4n) is 3.61. The van der Waals surface area contributed by atoms with Gasteiger partial charge in [-0.15, -0.1) is 12.4 Å². The van der Waals surface area contributed by atoms with E-state index in [2.05, 4.69) is 10.3 Å². The molecular weight excluding hydrogens is 403 g/mol. The molecular formula is C21H25ClF3N3O. The molecule has 1 aromatic carbocycles. The molecule has 0 aliphatic carbocycles. The Morgan fingerprint density at radius 1 is 1.10 bits per heavy atom. The minimum absolute atomic E-state index is 0. The van der Waals surface area contributed by atoms with Crippen LogP contribution in [0.15, 0.2) is 48.7 Å². The van der Waals surface area contributed by atoms with E-state index in [4.69, 9.17) is 0 Å². The van der Waals surface area contributed by atoms with Crippen molar-refractivity contribution in [3.63, 3.8) is 0 Å². The van der Waals surface area contributed by atoms with Crippen LogP contribution in [-0.2, 0) is 23.9 Å². The number of rotatable bonds is 5. The van der Waals surface area contributed by atoms with Gasteiger partial charge in [-0.1, -0.05) is 24.3 Å². The lowest BCUT2D eigenvalue weighted by Crippen LogP contribution is -2.41. The first-order chi connectivity index (χ1) is 13.4. The number of carbonyl (C=O) groups excluding carboxylic acids is 1. The van der Waals surface area contributed by atoms with E-state index >= 15 is 0 Å². The molecule has 1 unspecified atom stereocenters. The average Bonchev–Trinajstić information content (AvgIpc) is 2.96. The van der Waals surface area contributed by atoms with Gasteiger partial charge in [-0.25, -0.2) is 0 Å². The van der Waals surface area contributed by atoms with Crippen LogP contribution in [0.5, 0.6) is 0 Å². The summed E-state index contributed by atoms with van der Waals surface area (Å²) < 4.78 is 39.9. The Morgan fingerprint density at radius 3 is 2.59 bits per heavy atom. The predicted octanol–water partition coefficient (Wildman–Crippen LogP) is 4.24. The SMILES string of the molecule is Cl.O=C(Cc1ccccc1C(F)(F)F)N(Cc1ccccn1)C1CCCNCC1. The maximum atomic E-state index is 13.3. The fraction of sp³-hybridized carbons (Fsp3) is 0.429. The lowest BCUT2D eigenvalue weighted by atomic mass is 10.0. The molecule has 4 nitrogen and oxygen atoms in total. The number of halogens is 4. The first-order valence-electron chi connectivity index (χ1n) is 9.50. The fourth-order valence-corrected chi connectivity index (χ4v) is 3.61. The Balaban J connectivity index is 0.00000300. The monoisotopic (exact) mass is 427 g/mol. The summed E-state index contributed by atoms with van der Waals surface area (Å²) in [5.41, 5.74) is -0.00130. The normalized spacial score (nSPS) is 17.1. The van der Waals surface area contributed by atoms with Crippen LogP contribution < -0.4 is 5.32 Å². The quantitative estimate of drug-likeness (QED) is 0.776. The molecule has 2 heterocycles. The van der Waals surface area contributed by atoms with Gasteiger partial charge in [0.05, 0.1) is 24.2 Å². The van der Waals surface area contributed by atoms with Crippen molar-refractivity contribution >= 4 is 18.3 Å². The number of amides is 1. The number of carbonyl (C=O) groups is 1. The van der Waals surface area contributed by atoms with Crippen molar-refractivity contribution in [2.75, 3.05) is 13.1 Å². The second-order valence-corrected chi connectivity index (χ2v) is 7.01. The molecule has 1 fully saturated rings. The zero-order valence-electron chi connectivity index (χ0n) is 16.0. The summed E-state index contributed by atoms with van der Waals surface area (Å²) in [7, 11) is 0. The molecule has 1 saturated heterocycles. The Hall–Kier alpha value is -2.12. The highest BCUT2D eigenvalue weighted by Crippen LogP contribution is 2.32. The van der Waals surface area contributed by atoms with Gasteiger partial charge in [0.15, 0.2) is 0 Å². The van der Waals surface area contributed by atoms with Gasteiger partial charge in [-0.2, -0.15) is 13.2 Å². The third-order valence-electron chi connectivity index (χ3n) is 5.03. The summed E-state index contributed by atoms with van der Waals surface area (Å²) in [5, 5.41) is 3.31. The molecule has 1 aliphatic rings. The summed E-state index contributed by atoms with van der Waals surface area (Å²) in [6, 6.07) is 10.8. The molecule has 1 aliphatic heterocycles. The minimum Gasteiger partial charge on any atom is -0.333 e. The molecule has 0 saturated carbocycles. The van der Waals surface area contributed by atoms with Crippen LogP contribution in [0, 0.1) is 0 Å². The summed E-state index contributed by atoms with van der Waals surface area (Å²) in [4.78, 5) is 19.1. The molecule has 158 valence electrons.